The highest BCUT2D eigenvalue weighted by molar-refractivity contribution is 5.88. The SMILES string of the molecule is C=C(CNCc1cc(C)no1)C(=O)OCC. The number of nitrogens with one attached hydrogen (secondary N) is 1. The van der Waals surface area contributed by atoms with Crippen molar-refractivity contribution in [3.05, 3.63) is 29.7 Å². The van der Waals surface area contributed by atoms with E-state index in [1.165, 1.54) is 0 Å². The number of aromatic nitrogens is 1. The maximum atomic E-state index is 11.2. The molecule has 0 atom stereocenters. The van der Waals surface area contributed by atoms with Crippen molar-refractivity contribution in [3.63, 3.8) is 0 Å². The summed E-state index contributed by atoms with van der Waals surface area (Å²) in [6.07, 6.45) is 0. The van der Waals surface area contributed by atoms with Gasteiger partial charge < -0.3 is 14.6 Å². The van der Waals surface area contributed by atoms with Crippen LogP contribution in [0.1, 0.15) is 18.4 Å². The number of hydrogen-bond donors (Lipinski definition) is 1. The molecule has 0 fully saturated rings. The Kier molecular flexibility index (Phi) is 4.72. The zero-order valence-electron chi connectivity index (χ0n) is 9.58. The van der Waals surface area contributed by atoms with Crippen LogP contribution >= 0.6 is 0 Å². The van der Waals surface area contributed by atoms with Crippen LogP contribution in [0.5, 0.6) is 0 Å². The Balaban J connectivity index is 2.25. The van der Waals surface area contributed by atoms with E-state index in [1.807, 2.05) is 13.0 Å². The van der Waals surface area contributed by atoms with Gasteiger partial charge in [-0.25, -0.2) is 4.79 Å². The minimum absolute atomic E-state index is 0.360. The summed E-state index contributed by atoms with van der Waals surface area (Å²) in [6, 6.07) is 1.83. The highest BCUT2D eigenvalue weighted by Crippen LogP contribution is 2.01. The third-order valence-electron chi connectivity index (χ3n) is 1.88. The smallest absolute Gasteiger partial charge is 0.334 e. The van der Waals surface area contributed by atoms with Crippen molar-refractivity contribution < 1.29 is 14.1 Å². The Morgan fingerprint density at radius 3 is 3.00 bits per heavy atom. The lowest BCUT2D eigenvalue weighted by molar-refractivity contribution is -0.138. The van der Waals surface area contributed by atoms with E-state index in [-0.39, 0.29) is 5.97 Å². The maximum Gasteiger partial charge on any atom is 0.334 e. The number of nitrogens with zero attached hydrogens (tertiary/aromatic N) is 1. The van der Waals surface area contributed by atoms with Crippen LogP contribution in [-0.2, 0) is 16.1 Å². The molecule has 1 N–H and O–H groups in total. The molecule has 0 bridgehead atoms. The highest BCUT2D eigenvalue weighted by Gasteiger charge is 2.07. The molecule has 88 valence electrons. The lowest BCUT2D eigenvalue weighted by atomic mass is 10.3. The quantitative estimate of drug-likeness (QED) is 0.581. The number of carbonyl (C=O) groups excluding carboxylic acids is 1. The Bertz CT molecular complexity index is 371. The van der Waals surface area contributed by atoms with Crippen LogP contribution in [0.15, 0.2) is 22.7 Å². The van der Waals surface area contributed by atoms with Crippen molar-refractivity contribution in [3.8, 4) is 0 Å². The van der Waals surface area contributed by atoms with E-state index in [9.17, 15) is 4.79 Å². The normalized spacial score (nSPS) is 10.1. The van der Waals surface area contributed by atoms with Gasteiger partial charge in [-0.2, -0.15) is 0 Å². The largest absolute Gasteiger partial charge is 0.463 e. The van der Waals surface area contributed by atoms with Crippen LogP contribution in [0.4, 0.5) is 0 Å². The van der Waals surface area contributed by atoms with Gasteiger partial charge in [-0.3, -0.25) is 0 Å². The summed E-state index contributed by atoms with van der Waals surface area (Å²) in [4.78, 5) is 11.2. The number of carbonyl (C=O) groups is 1. The summed E-state index contributed by atoms with van der Waals surface area (Å²) in [5, 5.41) is 6.77. The van der Waals surface area contributed by atoms with E-state index in [1.54, 1.807) is 6.92 Å². The molecule has 0 saturated carbocycles. The minimum atomic E-state index is -0.372. The van der Waals surface area contributed by atoms with Gasteiger partial charge in [0.05, 0.1) is 18.8 Å². The van der Waals surface area contributed by atoms with E-state index < -0.39 is 0 Å². The second-order valence-corrected chi connectivity index (χ2v) is 3.36. The maximum absolute atomic E-state index is 11.2. The minimum Gasteiger partial charge on any atom is -0.463 e. The lowest BCUT2D eigenvalue weighted by Crippen LogP contribution is -2.21. The van der Waals surface area contributed by atoms with Crippen LogP contribution in [0.2, 0.25) is 0 Å². The van der Waals surface area contributed by atoms with Crippen molar-refractivity contribution in [1.29, 1.82) is 0 Å². The molecule has 1 rings (SSSR count). The molecule has 1 aromatic heterocycles. The Morgan fingerprint density at radius 2 is 2.44 bits per heavy atom. The zero-order chi connectivity index (χ0) is 12.0. The van der Waals surface area contributed by atoms with Crippen molar-refractivity contribution in [2.24, 2.45) is 0 Å². The molecule has 0 unspecified atom stereocenters. The molecule has 0 aliphatic rings. The van der Waals surface area contributed by atoms with Crippen LogP contribution in [0.3, 0.4) is 0 Å². The molecular weight excluding hydrogens is 208 g/mol. The Morgan fingerprint density at radius 1 is 1.69 bits per heavy atom. The van der Waals surface area contributed by atoms with Gasteiger partial charge in [0.25, 0.3) is 0 Å². The lowest BCUT2D eigenvalue weighted by Gasteiger charge is -2.05. The summed E-state index contributed by atoms with van der Waals surface area (Å²) in [5.74, 6) is 0.359. The third-order valence-corrected chi connectivity index (χ3v) is 1.88. The fourth-order valence-electron chi connectivity index (χ4n) is 1.14. The second kappa shape index (κ2) is 6.07. The molecular formula is C11H16N2O3. The molecule has 5 heteroatoms. The monoisotopic (exact) mass is 224 g/mol. The summed E-state index contributed by atoms with van der Waals surface area (Å²) in [6.45, 7) is 8.48. The predicted octanol–water partition coefficient (Wildman–Crippen LogP) is 1.19. The predicted molar refractivity (Wildman–Crippen MR) is 58.7 cm³/mol. The van der Waals surface area contributed by atoms with Gasteiger partial charge in [0.15, 0.2) is 5.76 Å². The van der Waals surface area contributed by atoms with Gasteiger partial charge in [0.1, 0.15) is 0 Å². The topological polar surface area (TPSA) is 64.4 Å². The van der Waals surface area contributed by atoms with Crippen molar-refractivity contribution >= 4 is 5.97 Å². The molecule has 5 nitrogen and oxygen atoms in total. The van der Waals surface area contributed by atoms with E-state index in [2.05, 4.69) is 17.1 Å². The van der Waals surface area contributed by atoms with Gasteiger partial charge in [0.2, 0.25) is 0 Å². The molecule has 0 aliphatic carbocycles. The molecule has 0 aromatic carbocycles. The van der Waals surface area contributed by atoms with Gasteiger partial charge in [0, 0.05) is 18.2 Å². The average molecular weight is 224 g/mol. The first-order valence-electron chi connectivity index (χ1n) is 5.11. The molecule has 0 spiro atoms. The van der Waals surface area contributed by atoms with Crippen molar-refractivity contribution in [1.82, 2.24) is 10.5 Å². The number of esters is 1. The van der Waals surface area contributed by atoms with E-state index in [4.69, 9.17) is 9.26 Å². The fourth-order valence-corrected chi connectivity index (χ4v) is 1.14. The van der Waals surface area contributed by atoms with E-state index in [0.29, 0.717) is 25.3 Å². The summed E-state index contributed by atoms with van der Waals surface area (Å²) < 4.78 is 9.79. The first-order valence-corrected chi connectivity index (χ1v) is 5.11. The summed E-state index contributed by atoms with van der Waals surface area (Å²) >= 11 is 0. The van der Waals surface area contributed by atoms with Crippen molar-refractivity contribution in [2.45, 2.75) is 20.4 Å². The van der Waals surface area contributed by atoms with Gasteiger partial charge in [-0.05, 0) is 13.8 Å². The van der Waals surface area contributed by atoms with E-state index >= 15 is 0 Å². The zero-order valence-corrected chi connectivity index (χ0v) is 9.58. The summed E-state index contributed by atoms with van der Waals surface area (Å²) in [7, 11) is 0. The number of hydrogen-bond acceptors (Lipinski definition) is 5. The third kappa shape index (κ3) is 3.86. The van der Waals surface area contributed by atoms with Gasteiger partial charge in [-0.15, -0.1) is 0 Å². The van der Waals surface area contributed by atoms with Crippen LogP contribution in [0.25, 0.3) is 0 Å². The molecule has 1 aromatic rings. The van der Waals surface area contributed by atoms with E-state index in [0.717, 1.165) is 11.5 Å². The highest BCUT2D eigenvalue weighted by atomic mass is 16.5. The van der Waals surface area contributed by atoms with Gasteiger partial charge >= 0.3 is 5.97 Å². The fraction of sp³-hybridized carbons (Fsp3) is 0.455. The van der Waals surface area contributed by atoms with Crippen molar-refractivity contribution in [2.75, 3.05) is 13.2 Å². The molecule has 1 heterocycles. The first-order chi connectivity index (χ1) is 7.63. The number of aryl methyl sites for hydroxylation is 1. The number of ether oxygens (including phenoxy) is 1. The molecule has 0 amide bonds. The second-order valence-electron chi connectivity index (χ2n) is 3.36. The van der Waals surface area contributed by atoms with Crippen LogP contribution < -0.4 is 5.32 Å². The standard InChI is InChI=1S/C11H16N2O3/c1-4-15-11(14)8(2)6-12-7-10-5-9(3)13-16-10/h5,12H,2,4,6-7H2,1,3H3. The van der Waals surface area contributed by atoms with Crippen LogP contribution in [0, 0.1) is 6.92 Å². The first kappa shape index (κ1) is 12.4. The van der Waals surface area contributed by atoms with Crippen LogP contribution in [-0.4, -0.2) is 24.3 Å². The van der Waals surface area contributed by atoms with Gasteiger partial charge in [-0.1, -0.05) is 11.7 Å². The average Bonchev–Trinajstić information content (AvgIpc) is 2.64. The number of rotatable bonds is 6. The Labute approximate surface area is 94.5 Å². The molecule has 16 heavy (non-hydrogen) atoms. The Hall–Kier alpha value is -1.62. The summed E-state index contributed by atoms with van der Waals surface area (Å²) in [5.41, 5.74) is 1.24. The molecule has 0 radical (unpaired) electrons. The molecule has 0 aliphatic heterocycles. The molecule has 0 saturated heterocycles.